The van der Waals surface area contributed by atoms with Gasteiger partial charge >= 0.3 is 5.97 Å². The van der Waals surface area contributed by atoms with E-state index in [2.05, 4.69) is 9.97 Å². The quantitative estimate of drug-likeness (QED) is 0.866. The number of carbonyl (C=O) groups is 1. The van der Waals surface area contributed by atoms with Gasteiger partial charge in [0, 0.05) is 6.07 Å². The number of hydrogen-bond donors (Lipinski definition) is 1. The highest BCUT2D eigenvalue weighted by molar-refractivity contribution is 5.85. The predicted octanol–water partition coefficient (Wildman–Crippen LogP) is 2.05. The van der Waals surface area contributed by atoms with Crippen molar-refractivity contribution >= 4 is 5.97 Å². The minimum atomic E-state index is -1.05. The lowest BCUT2D eigenvalue weighted by Crippen LogP contribution is -2.11. The third-order valence-corrected chi connectivity index (χ3v) is 2.98. The van der Waals surface area contributed by atoms with Gasteiger partial charge in [-0.15, -0.1) is 0 Å². The summed E-state index contributed by atoms with van der Waals surface area (Å²) in [6.45, 7) is 2.28. The summed E-state index contributed by atoms with van der Waals surface area (Å²) in [6.07, 6.45) is 4.90. The fourth-order valence-electron chi connectivity index (χ4n) is 2.10. The van der Waals surface area contributed by atoms with E-state index in [-0.39, 0.29) is 5.69 Å². The maximum Gasteiger partial charge on any atom is 0.354 e. The lowest BCUT2D eigenvalue weighted by atomic mass is 10.1. The van der Waals surface area contributed by atoms with E-state index in [0.717, 1.165) is 0 Å². The third-order valence-electron chi connectivity index (χ3n) is 2.98. The SMILES string of the molecule is Cc1nc(OCC2CCCC2)cc(C(=O)O)n1. The summed E-state index contributed by atoms with van der Waals surface area (Å²) in [5.74, 6) is 0.313. The highest BCUT2D eigenvalue weighted by atomic mass is 16.5. The molecule has 17 heavy (non-hydrogen) atoms. The van der Waals surface area contributed by atoms with Crippen LogP contribution >= 0.6 is 0 Å². The Balaban J connectivity index is 2.01. The molecule has 0 atom stereocenters. The van der Waals surface area contributed by atoms with Gasteiger partial charge in [0.2, 0.25) is 5.88 Å². The number of carboxylic acid groups (broad SMARTS) is 1. The van der Waals surface area contributed by atoms with Gasteiger partial charge in [-0.05, 0) is 25.7 Å². The minimum absolute atomic E-state index is 0.0149. The fraction of sp³-hybridized carbons (Fsp3) is 0.583. The van der Waals surface area contributed by atoms with Crippen LogP contribution in [0.5, 0.6) is 5.88 Å². The van der Waals surface area contributed by atoms with E-state index in [0.29, 0.717) is 24.2 Å². The molecular weight excluding hydrogens is 220 g/mol. The molecule has 1 aliphatic carbocycles. The van der Waals surface area contributed by atoms with Gasteiger partial charge in [0.25, 0.3) is 0 Å². The summed E-state index contributed by atoms with van der Waals surface area (Å²) in [5.41, 5.74) is -0.0149. The smallest absolute Gasteiger partial charge is 0.354 e. The van der Waals surface area contributed by atoms with E-state index in [9.17, 15) is 4.79 Å². The number of carboxylic acids is 1. The highest BCUT2D eigenvalue weighted by Gasteiger charge is 2.16. The van der Waals surface area contributed by atoms with Gasteiger partial charge in [0.05, 0.1) is 6.61 Å². The molecule has 0 amide bonds. The minimum Gasteiger partial charge on any atom is -0.477 e. The topological polar surface area (TPSA) is 72.3 Å². The molecule has 2 rings (SSSR count). The highest BCUT2D eigenvalue weighted by Crippen LogP contribution is 2.25. The first-order valence-electron chi connectivity index (χ1n) is 5.87. The molecule has 0 spiro atoms. The monoisotopic (exact) mass is 236 g/mol. The normalized spacial score (nSPS) is 16.1. The zero-order valence-electron chi connectivity index (χ0n) is 9.85. The van der Waals surface area contributed by atoms with Crippen LogP contribution in [0.1, 0.15) is 42.0 Å². The summed E-state index contributed by atoms with van der Waals surface area (Å²) >= 11 is 0. The van der Waals surface area contributed by atoms with Gasteiger partial charge in [-0.1, -0.05) is 12.8 Å². The molecule has 0 unspecified atom stereocenters. The lowest BCUT2D eigenvalue weighted by molar-refractivity contribution is 0.0689. The van der Waals surface area contributed by atoms with Gasteiger partial charge in [0.1, 0.15) is 5.82 Å². The summed E-state index contributed by atoms with van der Waals surface area (Å²) in [5, 5.41) is 8.87. The molecule has 1 aliphatic rings. The van der Waals surface area contributed by atoms with Crippen molar-refractivity contribution in [3.63, 3.8) is 0 Å². The van der Waals surface area contributed by atoms with Gasteiger partial charge in [-0.25, -0.2) is 9.78 Å². The Morgan fingerprint density at radius 3 is 2.82 bits per heavy atom. The van der Waals surface area contributed by atoms with Gasteiger partial charge in [-0.2, -0.15) is 4.98 Å². The van der Waals surface area contributed by atoms with Crippen LogP contribution in [-0.4, -0.2) is 27.7 Å². The number of hydrogen-bond acceptors (Lipinski definition) is 4. The number of nitrogens with zero attached hydrogens (tertiary/aromatic N) is 2. The van der Waals surface area contributed by atoms with Crippen molar-refractivity contribution in [1.82, 2.24) is 9.97 Å². The summed E-state index contributed by atoms with van der Waals surface area (Å²) in [7, 11) is 0. The molecule has 92 valence electrons. The Morgan fingerprint density at radius 2 is 2.18 bits per heavy atom. The Labute approximate surface area is 99.9 Å². The van der Waals surface area contributed by atoms with Crippen molar-refractivity contribution in [2.45, 2.75) is 32.6 Å². The second-order valence-electron chi connectivity index (χ2n) is 4.41. The molecule has 1 fully saturated rings. The molecule has 5 nitrogen and oxygen atoms in total. The average Bonchev–Trinajstić information content (AvgIpc) is 2.78. The number of aromatic carboxylic acids is 1. The molecule has 0 bridgehead atoms. The summed E-state index contributed by atoms with van der Waals surface area (Å²) in [6, 6.07) is 1.38. The van der Waals surface area contributed by atoms with Crippen LogP contribution in [0.3, 0.4) is 0 Å². The Morgan fingerprint density at radius 1 is 1.47 bits per heavy atom. The van der Waals surface area contributed by atoms with Crippen LogP contribution in [0.2, 0.25) is 0 Å². The number of aryl methyl sites for hydroxylation is 1. The number of rotatable bonds is 4. The molecular formula is C12H16N2O3. The number of aromatic nitrogens is 2. The Kier molecular flexibility index (Phi) is 3.56. The van der Waals surface area contributed by atoms with Crippen LogP contribution in [0.25, 0.3) is 0 Å². The third kappa shape index (κ3) is 3.15. The maximum atomic E-state index is 10.8. The molecule has 1 N–H and O–H groups in total. The van der Waals surface area contributed by atoms with E-state index < -0.39 is 5.97 Å². The van der Waals surface area contributed by atoms with E-state index in [1.807, 2.05) is 0 Å². The fourth-order valence-corrected chi connectivity index (χ4v) is 2.10. The van der Waals surface area contributed by atoms with E-state index >= 15 is 0 Å². The Hall–Kier alpha value is -1.65. The Bertz CT molecular complexity index is 414. The summed E-state index contributed by atoms with van der Waals surface area (Å²) in [4.78, 5) is 18.7. The van der Waals surface area contributed by atoms with E-state index in [1.54, 1.807) is 6.92 Å². The van der Waals surface area contributed by atoms with Crippen LogP contribution in [0.4, 0.5) is 0 Å². The van der Waals surface area contributed by atoms with Crippen molar-refractivity contribution < 1.29 is 14.6 Å². The van der Waals surface area contributed by atoms with E-state index in [4.69, 9.17) is 9.84 Å². The van der Waals surface area contributed by atoms with Crippen LogP contribution in [-0.2, 0) is 0 Å². The van der Waals surface area contributed by atoms with Gasteiger partial charge in [0.15, 0.2) is 5.69 Å². The van der Waals surface area contributed by atoms with Crippen LogP contribution in [0.15, 0.2) is 6.07 Å². The molecule has 5 heteroatoms. The molecule has 1 heterocycles. The zero-order valence-corrected chi connectivity index (χ0v) is 9.85. The average molecular weight is 236 g/mol. The van der Waals surface area contributed by atoms with Gasteiger partial charge < -0.3 is 9.84 Å². The first kappa shape index (κ1) is 11.8. The second kappa shape index (κ2) is 5.12. The second-order valence-corrected chi connectivity index (χ2v) is 4.41. The molecule has 1 aromatic rings. The van der Waals surface area contributed by atoms with Crippen molar-refractivity contribution in [1.29, 1.82) is 0 Å². The predicted molar refractivity (Wildman–Crippen MR) is 61.2 cm³/mol. The maximum absolute atomic E-state index is 10.8. The van der Waals surface area contributed by atoms with E-state index in [1.165, 1.54) is 31.7 Å². The van der Waals surface area contributed by atoms with Crippen molar-refractivity contribution in [2.24, 2.45) is 5.92 Å². The first-order valence-corrected chi connectivity index (χ1v) is 5.87. The van der Waals surface area contributed by atoms with Crippen molar-refractivity contribution in [3.8, 4) is 5.88 Å². The lowest BCUT2D eigenvalue weighted by Gasteiger charge is -2.11. The van der Waals surface area contributed by atoms with Crippen LogP contribution < -0.4 is 4.74 Å². The molecule has 1 saturated carbocycles. The molecule has 1 aromatic heterocycles. The zero-order chi connectivity index (χ0) is 12.3. The van der Waals surface area contributed by atoms with Gasteiger partial charge in [-0.3, -0.25) is 0 Å². The molecule has 0 aromatic carbocycles. The number of ether oxygens (including phenoxy) is 1. The largest absolute Gasteiger partial charge is 0.477 e. The molecule has 0 radical (unpaired) electrons. The molecule has 0 aliphatic heterocycles. The van der Waals surface area contributed by atoms with Crippen molar-refractivity contribution in [2.75, 3.05) is 6.61 Å². The first-order chi connectivity index (χ1) is 8.15. The van der Waals surface area contributed by atoms with Crippen molar-refractivity contribution in [3.05, 3.63) is 17.6 Å². The standard InChI is InChI=1S/C12H16N2O3/c1-8-13-10(12(15)16)6-11(14-8)17-7-9-4-2-3-5-9/h6,9H,2-5,7H2,1H3,(H,15,16). The van der Waals surface area contributed by atoms with Crippen LogP contribution in [0, 0.1) is 12.8 Å². The molecule has 0 saturated heterocycles. The summed E-state index contributed by atoms with van der Waals surface area (Å²) < 4.78 is 5.55.